The SMILES string of the molecule is Cc1ccc(S(=O)(=O)N2CCCC(C(=O)NC(CN)C3CC3)C2)s1. The standard InChI is InChI=1S/C16H25N3O3S2/c1-11-4-7-15(23-11)24(21,22)19-8-2-3-13(10-19)16(20)18-14(9-17)12-5-6-12/h4,7,12-14H,2-3,5-6,8-10,17H2,1H3,(H,18,20). The molecule has 1 amide bonds. The molecular formula is C16H25N3O3S2. The predicted octanol–water partition coefficient (Wildman–Crippen LogP) is 1.31. The number of carbonyl (C=O) groups is 1. The van der Waals surface area contributed by atoms with Crippen LogP contribution in [0.3, 0.4) is 0 Å². The Labute approximate surface area is 147 Å². The molecule has 8 heteroatoms. The minimum atomic E-state index is -3.50. The van der Waals surface area contributed by atoms with Gasteiger partial charge in [0, 0.05) is 30.6 Å². The highest BCUT2D eigenvalue weighted by Crippen LogP contribution is 2.33. The molecule has 1 aliphatic carbocycles. The number of hydrogen-bond acceptors (Lipinski definition) is 5. The molecular weight excluding hydrogens is 346 g/mol. The van der Waals surface area contributed by atoms with Crippen molar-refractivity contribution in [1.82, 2.24) is 9.62 Å². The Balaban J connectivity index is 1.66. The first-order chi connectivity index (χ1) is 11.4. The topological polar surface area (TPSA) is 92.5 Å². The lowest BCUT2D eigenvalue weighted by molar-refractivity contribution is -0.126. The molecule has 0 aromatic carbocycles. The highest BCUT2D eigenvalue weighted by molar-refractivity contribution is 7.91. The van der Waals surface area contributed by atoms with Crippen molar-refractivity contribution in [3.8, 4) is 0 Å². The van der Waals surface area contributed by atoms with E-state index in [4.69, 9.17) is 5.73 Å². The van der Waals surface area contributed by atoms with E-state index in [0.717, 1.165) is 24.1 Å². The second kappa shape index (κ2) is 7.11. The molecule has 1 saturated heterocycles. The lowest BCUT2D eigenvalue weighted by Crippen LogP contribution is -2.49. The fourth-order valence-electron chi connectivity index (χ4n) is 3.22. The van der Waals surface area contributed by atoms with Gasteiger partial charge in [0.15, 0.2) is 0 Å². The van der Waals surface area contributed by atoms with Crippen molar-refractivity contribution < 1.29 is 13.2 Å². The Morgan fingerprint density at radius 3 is 2.75 bits per heavy atom. The molecule has 2 aliphatic rings. The Morgan fingerprint density at radius 2 is 2.17 bits per heavy atom. The first-order valence-electron chi connectivity index (χ1n) is 8.49. The van der Waals surface area contributed by atoms with Gasteiger partial charge in [-0.2, -0.15) is 4.31 Å². The molecule has 24 heavy (non-hydrogen) atoms. The average molecular weight is 372 g/mol. The Morgan fingerprint density at radius 1 is 1.42 bits per heavy atom. The van der Waals surface area contributed by atoms with Crippen LogP contribution in [-0.2, 0) is 14.8 Å². The number of thiophene rings is 1. The molecule has 1 saturated carbocycles. The van der Waals surface area contributed by atoms with Crippen LogP contribution >= 0.6 is 11.3 Å². The summed E-state index contributed by atoms with van der Waals surface area (Å²) in [5.41, 5.74) is 5.75. The summed E-state index contributed by atoms with van der Waals surface area (Å²) in [7, 11) is -3.50. The second-order valence-electron chi connectivity index (χ2n) is 6.76. The molecule has 3 rings (SSSR count). The number of rotatable bonds is 6. The number of sulfonamides is 1. The van der Waals surface area contributed by atoms with Crippen LogP contribution in [0.4, 0.5) is 0 Å². The van der Waals surface area contributed by atoms with E-state index in [0.29, 0.717) is 29.6 Å². The number of nitrogens with one attached hydrogen (secondary N) is 1. The maximum absolute atomic E-state index is 12.7. The minimum Gasteiger partial charge on any atom is -0.352 e. The molecule has 2 heterocycles. The summed E-state index contributed by atoms with van der Waals surface area (Å²) in [5.74, 6) is 0.151. The van der Waals surface area contributed by atoms with Crippen LogP contribution in [0.1, 0.15) is 30.6 Å². The van der Waals surface area contributed by atoms with Crippen molar-refractivity contribution in [2.75, 3.05) is 19.6 Å². The van der Waals surface area contributed by atoms with E-state index >= 15 is 0 Å². The Kier molecular flexibility index (Phi) is 5.29. The van der Waals surface area contributed by atoms with Gasteiger partial charge in [0.25, 0.3) is 10.0 Å². The zero-order valence-corrected chi connectivity index (χ0v) is 15.5. The molecule has 2 fully saturated rings. The van der Waals surface area contributed by atoms with Crippen molar-refractivity contribution in [1.29, 1.82) is 0 Å². The number of amides is 1. The molecule has 134 valence electrons. The third kappa shape index (κ3) is 3.82. The summed E-state index contributed by atoms with van der Waals surface area (Å²) in [6.45, 7) is 3.07. The number of aryl methyl sites for hydroxylation is 1. The van der Waals surface area contributed by atoms with Gasteiger partial charge in [0.05, 0.1) is 5.92 Å². The molecule has 1 aromatic rings. The lowest BCUT2D eigenvalue weighted by Gasteiger charge is -2.31. The molecule has 2 atom stereocenters. The van der Waals surface area contributed by atoms with E-state index in [1.807, 2.05) is 13.0 Å². The Bertz CT molecular complexity index is 697. The van der Waals surface area contributed by atoms with E-state index < -0.39 is 10.0 Å². The van der Waals surface area contributed by atoms with Gasteiger partial charge in [-0.1, -0.05) is 0 Å². The molecule has 1 aliphatic heterocycles. The molecule has 1 aromatic heterocycles. The number of carbonyl (C=O) groups excluding carboxylic acids is 1. The number of piperidine rings is 1. The van der Waals surface area contributed by atoms with Gasteiger partial charge >= 0.3 is 0 Å². The van der Waals surface area contributed by atoms with Gasteiger partial charge in [-0.05, 0) is 50.7 Å². The van der Waals surface area contributed by atoms with Gasteiger partial charge < -0.3 is 11.1 Å². The minimum absolute atomic E-state index is 0.0319. The van der Waals surface area contributed by atoms with Crippen LogP contribution in [-0.4, -0.2) is 44.3 Å². The molecule has 0 bridgehead atoms. The van der Waals surface area contributed by atoms with E-state index in [9.17, 15) is 13.2 Å². The maximum Gasteiger partial charge on any atom is 0.252 e. The summed E-state index contributed by atoms with van der Waals surface area (Å²) >= 11 is 1.28. The van der Waals surface area contributed by atoms with Gasteiger partial charge in [-0.15, -0.1) is 11.3 Å². The van der Waals surface area contributed by atoms with Gasteiger partial charge in [0.1, 0.15) is 4.21 Å². The van der Waals surface area contributed by atoms with Crippen molar-refractivity contribution >= 4 is 27.3 Å². The molecule has 6 nitrogen and oxygen atoms in total. The molecule has 2 unspecified atom stereocenters. The molecule has 0 spiro atoms. The van der Waals surface area contributed by atoms with Crippen molar-refractivity contribution in [2.24, 2.45) is 17.6 Å². The quantitative estimate of drug-likeness (QED) is 0.789. The van der Waals surface area contributed by atoms with Crippen LogP contribution in [0.2, 0.25) is 0 Å². The second-order valence-corrected chi connectivity index (χ2v) is 10.2. The normalized spacial score (nSPS) is 23.8. The van der Waals surface area contributed by atoms with Crippen LogP contribution in [0.15, 0.2) is 16.3 Å². The predicted molar refractivity (Wildman–Crippen MR) is 94.2 cm³/mol. The third-order valence-corrected chi connectivity index (χ3v) is 8.17. The third-order valence-electron chi connectivity index (χ3n) is 4.84. The largest absolute Gasteiger partial charge is 0.352 e. The zero-order valence-electron chi connectivity index (χ0n) is 13.9. The van der Waals surface area contributed by atoms with Crippen LogP contribution < -0.4 is 11.1 Å². The zero-order chi connectivity index (χ0) is 17.3. The van der Waals surface area contributed by atoms with Crippen LogP contribution in [0.25, 0.3) is 0 Å². The molecule has 3 N–H and O–H groups in total. The highest BCUT2D eigenvalue weighted by Gasteiger charge is 2.36. The Hall–Kier alpha value is -0.960. The highest BCUT2D eigenvalue weighted by atomic mass is 32.2. The van der Waals surface area contributed by atoms with E-state index in [1.165, 1.54) is 15.6 Å². The van der Waals surface area contributed by atoms with E-state index in [1.54, 1.807) is 6.07 Å². The molecule has 0 radical (unpaired) electrons. The van der Waals surface area contributed by atoms with Gasteiger partial charge in [-0.3, -0.25) is 4.79 Å². The summed E-state index contributed by atoms with van der Waals surface area (Å²) in [6, 6.07) is 3.49. The van der Waals surface area contributed by atoms with Crippen LogP contribution in [0, 0.1) is 18.8 Å². The monoisotopic (exact) mass is 371 g/mol. The average Bonchev–Trinajstić information content (AvgIpc) is 3.32. The number of nitrogens with zero attached hydrogens (tertiary/aromatic N) is 1. The number of hydrogen-bond donors (Lipinski definition) is 2. The maximum atomic E-state index is 12.7. The van der Waals surface area contributed by atoms with Crippen LogP contribution in [0.5, 0.6) is 0 Å². The number of nitrogens with two attached hydrogens (primary N) is 1. The van der Waals surface area contributed by atoms with E-state index in [2.05, 4.69) is 5.32 Å². The fourth-order valence-corrected chi connectivity index (χ4v) is 6.18. The fraction of sp³-hybridized carbons (Fsp3) is 0.688. The lowest BCUT2D eigenvalue weighted by atomic mass is 9.98. The summed E-state index contributed by atoms with van der Waals surface area (Å²) in [5, 5.41) is 3.03. The van der Waals surface area contributed by atoms with Gasteiger partial charge in [-0.25, -0.2) is 8.42 Å². The summed E-state index contributed by atoms with van der Waals surface area (Å²) < 4.78 is 27.3. The van der Waals surface area contributed by atoms with Gasteiger partial charge in [0.2, 0.25) is 5.91 Å². The van der Waals surface area contributed by atoms with Crippen molar-refractivity contribution in [2.45, 2.75) is 42.9 Å². The van der Waals surface area contributed by atoms with Crippen molar-refractivity contribution in [3.05, 3.63) is 17.0 Å². The smallest absolute Gasteiger partial charge is 0.252 e. The first-order valence-corrected chi connectivity index (χ1v) is 10.7. The summed E-state index contributed by atoms with van der Waals surface area (Å²) in [6.07, 6.45) is 3.66. The van der Waals surface area contributed by atoms with Crippen molar-refractivity contribution in [3.63, 3.8) is 0 Å². The van der Waals surface area contributed by atoms with E-state index in [-0.39, 0.29) is 24.4 Å². The first kappa shape index (κ1) is 17.8. The summed E-state index contributed by atoms with van der Waals surface area (Å²) in [4.78, 5) is 13.5.